The Balaban J connectivity index is 1.92. The molecule has 1 unspecified atom stereocenters. The number of nitrogens with zero attached hydrogens (tertiary/aromatic N) is 5. The highest BCUT2D eigenvalue weighted by Gasteiger charge is 2.17. The second kappa shape index (κ2) is 7.90. The second-order valence-electron chi connectivity index (χ2n) is 6.00. The van der Waals surface area contributed by atoms with E-state index in [1.807, 2.05) is 19.9 Å². The Labute approximate surface area is 156 Å². The Hall–Kier alpha value is -3.36. The molecular formula is C18H20N6O3. The fraction of sp³-hybridized carbons (Fsp3) is 0.333. The van der Waals surface area contributed by atoms with E-state index >= 15 is 0 Å². The van der Waals surface area contributed by atoms with Crippen LogP contribution >= 0.6 is 0 Å². The summed E-state index contributed by atoms with van der Waals surface area (Å²) in [5.41, 5.74) is 1.60. The van der Waals surface area contributed by atoms with Gasteiger partial charge in [0.1, 0.15) is 5.82 Å². The van der Waals surface area contributed by atoms with Crippen LogP contribution in [0.3, 0.4) is 0 Å². The molecule has 140 valence electrons. The number of nitro benzene ring substituents is 1. The van der Waals surface area contributed by atoms with Gasteiger partial charge in [-0.15, -0.1) is 0 Å². The van der Waals surface area contributed by atoms with Gasteiger partial charge in [-0.25, -0.2) is 9.97 Å². The summed E-state index contributed by atoms with van der Waals surface area (Å²) in [6.07, 6.45) is 1.48. The molecule has 0 aliphatic carbocycles. The first-order valence-electron chi connectivity index (χ1n) is 8.69. The van der Waals surface area contributed by atoms with Crippen LogP contribution in [0.15, 0.2) is 34.9 Å². The molecule has 0 fully saturated rings. The maximum Gasteiger partial charge on any atom is 0.269 e. The number of rotatable bonds is 7. The zero-order valence-corrected chi connectivity index (χ0v) is 15.3. The summed E-state index contributed by atoms with van der Waals surface area (Å²) in [6.45, 7) is 5.77. The summed E-state index contributed by atoms with van der Waals surface area (Å²) in [7, 11) is 0. The van der Waals surface area contributed by atoms with E-state index in [0.29, 0.717) is 28.9 Å². The number of anilines is 1. The summed E-state index contributed by atoms with van der Waals surface area (Å²) in [4.78, 5) is 23.8. The molecule has 0 saturated carbocycles. The van der Waals surface area contributed by atoms with Crippen LogP contribution in [0.2, 0.25) is 0 Å². The van der Waals surface area contributed by atoms with Crippen molar-refractivity contribution < 1.29 is 9.45 Å². The van der Waals surface area contributed by atoms with E-state index < -0.39 is 4.92 Å². The van der Waals surface area contributed by atoms with Gasteiger partial charge in [0.25, 0.3) is 5.69 Å². The highest BCUT2D eigenvalue weighted by atomic mass is 16.6. The van der Waals surface area contributed by atoms with Gasteiger partial charge in [-0.05, 0) is 25.0 Å². The number of hydrogen-bond acceptors (Lipinski definition) is 8. The van der Waals surface area contributed by atoms with Gasteiger partial charge >= 0.3 is 0 Å². The van der Waals surface area contributed by atoms with Crippen LogP contribution in [-0.2, 0) is 6.42 Å². The summed E-state index contributed by atoms with van der Waals surface area (Å²) in [6, 6.07) is 7.92. The van der Waals surface area contributed by atoms with E-state index in [9.17, 15) is 10.1 Å². The number of nitrogens with one attached hydrogen (secondary N) is 1. The van der Waals surface area contributed by atoms with Gasteiger partial charge < -0.3 is 9.84 Å². The largest absolute Gasteiger partial charge is 0.360 e. The van der Waals surface area contributed by atoms with Crippen molar-refractivity contribution >= 4 is 11.5 Å². The molecule has 0 amide bonds. The quantitative estimate of drug-likeness (QED) is 0.493. The predicted molar refractivity (Wildman–Crippen MR) is 99.2 cm³/mol. The zero-order chi connectivity index (χ0) is 19.4. The Morgan fingerprint density at radius 1 is 1.19 bits per heavy atom. The van der Waals surface area contributed by atoms with Gasteiger partial charge in [0.2, 0.25) is 5.89 Å². The molecule has 27 heavy (non-hydrogen) atoms. The van der Waals surface area contributed by atoms with Crippen molar-refractivity contribution in [3.8, 4) is 11.4 Å². The molecule has 1 atom stereocenters. The molecule has 2 aromatic heterocycles. The molecule has 1 aromatic carbocycles. The SMILES string of the molecule is CCc1cc(NC(CC)c2noc(C)n2)nc(-c2ccc([N+](=O)[O-])cc2)n1. The molecule has 9 nitrogen and oxygen atoms in total. The van der Waals surface area contributed by atoms with Crippen LogP contribution in [0.5, 0.6) is 0 Å². The van der Waals surface area contributed by atoms with Gasteiger partial charge in [-0.1, -0.05) is 19.0 Å². The molecule has 0 aliphatic heterocycles. The number of non-ortho nitro benzene ring substituents is 1. The zero-order valence-electron chi connectivity index (χ0n) is 15.3. The Kier molecular flexibility index (Phi) is 5.39. The number of nitro groups is 1. The lowest BCUT2D eigenvalue weighted by Gasteiger charge is -2.15. The summed E-state index contributed by atoms with van der Waals surface area (Å²) in [5.74, 6) is 2.23. The van der Waals surface area contributed by atoms with Crippen molar-refractivity contribution in [1.82, 2.24) is 20.1 Å². The van der Waals surface area contributed by atoms with E-state index in [0.717, 1.165) is 18.5 Å². The van der Waals surface area contributed by atoms with Gasteiger partial charge in [-0.2, -0.15) is 4.98 Å². The standard InChI is InChI=1S/C18H20N6O3/c1-4-13-10-16(21-15(5-2)18-19-11(3)27-23-18)22-17(20-13)12-6-8-14(9-7-12)24(25)26/h6-10,15H,4-5H2,1-3H3,(H,20,21,22). The van der Waals surface area contributed by atoms with Crippen molar-refractivity contribution in [2.45, 2.75) is 39.7 Å². The van der Waals surface area contributed by atoms with Crippen molar-refractivity contribution in [1.29, 1.82) is 0 Å². The average molecular weight is 368 g/mol. The van der Waals surface area contributed by atoms with Crippen molar-refractivity contribution in [3.63, 3.8) is 0 Å². The summed E-state index contributed by atoms with van der Waals surface area (Å²) >= 11 is 0. The molecule has 3 aromatic rings. The van der Waals surface area contributed by atoms with Gasteiger partial charge in [0, 0.05) is 36.4 Å². The number of aromatic nitrogens is 4. The fourth-order valence-corrected chi connectivity index (χ4v) is 2.60. The average Bonchev–Trinajstić information content (AvgIpc) is 3.12. The summed E-state index contributed by atoms with van der Waals surface area (Å²) < 4.78 is 5.06. The Morgan fingerprint density at radius 3 is 2.48 bits per heavy atom. The molecule has 0 spiro atoms. The van der Waals surface area contributed by atoms with Crippen LogP contribution < -0.4 is 5.32 Å². The highest BCUT2D eigenvalue weighted by molar-refractivity contribution is 5.59. The molecule has 0 aliphatic rings. The van der Waals surface area contributed by atoms with Crippen molar-refractivity contribution in [2.24, 2.45) is 0 Å². The first kappa shape index (κ1) is 18.4. The number of hydrogen-bond donors (Lipinski definition) is 1. The molecular weight excluding hydrogens is 348 g/mol. The van der Waals surface area contributed by atoms with Crippen LogP contribution in [0, 0.1) is 17.0 Å². The summed E-state index contributed by atoms with van der Waals surface area (Å²) in [5, 5.41) is 18.1. The lowest BCUT2D eigenvalue weighted by atomic mass is 10.1. The first-order chi connectivity index (χ1) is 13.0. The van der Waals surface area contributed by atoms with E-state index in [1.54, 1.807) is 19.1 Å². The molecule has 9 heteroatoms. The highest BCUT2D eigenvalue weighted by Crippen LogP contribution is 2.24. The van der Waals surface area contributed by atoms with Crippen LogP contribution in [0.1, 0.15) is 43.7 Å². The first-order valence-corrected chi connectivity index (χ1v) is 8.69. The Morgan fingerprint density at radius 2 is 1.93 bits per heavy atom. The minimum Gasteiger partial charge on any atom is -0.360 e. The van der Waals surface area contributed by atoms with E-state index in [-0.39, 0.29) is 11.7 Å². The van der Waals surface area contributed by atoms with E-state index in [2.05, 4.69) is 25.4 Å². The van der Waals surface area contributed by atoms with Crippen molar-refractivity contribution in [2.75, 3.05) is 5.32 Å². The minimum absolute atomic E-state index is 0.0299. The molecule has 1 N–H and O–H groups in total. The normalized spacial score (nSPS) is 12.0. The molecule has 3 rings (SSSR count). The minimum atomic E-state index is -0.432. The predicted octanol–water partition coefficient (Wildman–Crippen LogP) is 3.87. The van der Waals surface area contributed by atoms with Crippen molar-refractivity contribution in [3.05, 3.63) is 57.9 Å². The topological polar surface area (TPSA) is 120 Å². The lowest BCUT2D eigenvalue weighted by Crippen LogP contribution is -2.13. The van der Waals surface area contributed by atoms with Gasteiger partial charge in [-0.3, -0.25) is 10.1 Å². The van der Waals surface area contributed by atoms with Gasteiger partial charge in [0.05, 0.1) is 11.0 Å². The molecule has 0 bridgehead atoms. The third kappa shape index (κ3) is 4.25. The smallest absolute Gasteiger partial charge is 0.269 e. The number of benzene rings is 1. The van der Waals surface area contributed by atoms with E-state index in [4.69, 9.17) is 4.52 Å². The maximum atomic E-state index is 10.8. The van der Waals surface area contributed by atoms with Crippen LogP contribution in [-0.4, -0.2) is 25.0 Å². The third-order valence-electron chi connectivity index (χ3n) is 4.06. The Bertz CT molecular complexity index is 939. The maximum absolute atomic E-state index is 10.8. The monoisotopic (exact) mass is 368 g/mol. The van der Waals surface area contributed by atoms with Crippen LogP contribution in [0.4, 0.5) is 11.5 Å². The third-order valence-corrected chi connectivity index (χ3v) is 4.06. The lowest BCUT2D eigenvalue weighted by molar-refractivity contribution is -0.384. The fourth-order valence-electron chi connectivity index (χ4n) is 2.60. The molecule has 2 heterocycles. The van der Waals surface area contributed by atoms with Gasteiger partial charge in [0.15, 0.2) is 11.6 Å². The molecule has 0 saturated heterocycles. The molecule has 0 radical (unpaired) electrons. The van der Waals surface area contributed by atoms with Crippen LogP contribution in [0.25, 0.3) is 11.4 Å². The van der Waals surface area contributed by atoms with E-state index in [1.165, 1.54) is 12.1 Å². The number of aryl methyl sites for hydroxylation is 2. The second-order valence-corrected chi connectivity index (χ2v) is 6.00.